The Labute approximate surface area is 207 Å². The number of urea groups is 1. The van der Waals surface area contributed by atoms with Crippen LogP contribution >= 0.6 is 31.9 Å². The normalized spacial score (nSPS) is 15.1. The maximum atomic E-state index is 13.2. The molecule has 1 N–H and O–H groups in total. The van der Waals surface area contributed by atoms with Gasteiger partial charge in [0.1, 0.15) is 17.9 Å². The molecule has 1 saturated heterocycles. The third-order valence-corrected chi connectivity index (χ3v) is 6.39. The number of imide groups is 2. The van der Waals surface area contributed by atoms with Crippen molar-refractivity contribution in [2.24, 2.45) is 0 Å². The first-order valence-corrected chi connectivity index (χ1v) is 11.6. The van der Waals surface area contributed by atoms with E-state index in [1.165, 1.54) is 6.08 Å². The van der Waals surface area contributed by atoms with E-state index in [0.717, 1.165) is 25.0 Å². The number of halogens is 2. The fourth-order valence-corrected chi connectivity index (χ4v) is 3.94. The molecule has 166 valence electrons. The monoisotopic (exact) mass is 568 g/mol. The number of benzene rings is 3. The third kappa shape index (κ3) is 5.07. The van der Waals surface area contributed by atoms with Crippen LogP contribution in [0.2, 0.25) is 0 Å². The molecule has 0 aromatic heterocycles. The van der Waals surface area contributed by atoms with Crippen molar-refractivity contribution in [3.05, 3.63) is 97.9 Å². The zero-order valence-electron chi connectivity index (χ0n) is 17.5. The minimum atomic E-state index is -0.793. The molecule has 0 atom stereocenters. The van der Waals surface area contributed by atoms with Crippen molar-refractivity contribution >= 4 is 61.5 Å². The third-order valence-electron chi connectivity index (χ3n) is 5.01. The number of nitrogens with zero attached hydrogens (tertiary/aromatic N) is 1. The van der Waals surface area contributed by atoms with E-state index in [4.69, 9.17) is 4.74 Å². The van der Waals surface area contributed by atoms with E-state index in [0.29, 0.717) is 23.6 Å². The van der Waals surface area contributed by atoms with Crippen molar-refractivity contribution in [2.45, 2.75) is 13.5 Å². The molecule has 0 radical (unpaired) electrons. The molecule has 4 rings (SSSR count). The van der Waals surface area contributed by atoms with Gasteiger partial charge in [0.15, 0.2) is 0 Å². The maximum absolute atomic E-state index is 13.2. The van der Waals surface area contributed by atoms with Crippen molar-refractivity contribution in [3.63, 3.8) is 0 Å². The number of carbonyl (C=O) groups is 3. The SMILES string of the molecule is Cc1cc(N2C(=O)NC(=O)/C(=C\c3cc(Br)ccc3OCc3ccccc3)C2=O)ccc1Br. The van der Waals surface area contributed by atoms with Gasteiger partial charge >= 0.3 is 6.03 Å². The molecule has 0 aliphatic carbocycles. The van der Waals surface area contributed by atoms with Gasteiger partial charge in [-0.05, 0) is 60.5 Å². The van der Waals surface area contributed by atoms with Crippen LogP contribution in [0, 0.1) is 6.92 Å². The zero-order chi connectivity index (χ0) is 23.5. The highest BCUT2D eigenvalue weighted by atomic mass is 79.9. The Morgan fingerprint density at radius 3 is 2.45 bits per heavy atom. The van der Waals surface area contributed by atoms with Crippen LogP contribution in [0.25, 0.3) is 6.08 Å². The van der Waals surface area contributed by atoms with Gasteiger partial charge in [0, 0.05) is 14.5 Å². The Morgan fingerprint density at radius 1 is 0.970 bits per heavy atom. The predicted octanol–water partition coefficient (Wildman–Crippen LogP) is 5.77. The first kappa shape index (κ1) is 22.9. The van der Waals surface area contributed by atoms with Crippen LogP contribution in [-0.2, 0) is 16.2 Å². The highest BCUT2D eigenvalue weighted by Gasteiger charge is 2.37. The molecule has 0 bridgehead atoms. The Hall–Kier alpha value is -3.23. The topological polar surface area (TPSA) is 75.7 Å². The van der Waals surface area contributed by atoms with Gasteiger partial charge in [0.25, 0.3) is 11.8 Å². The fraction of sp³-hybridized carbons (Fsp3) is 0.0800. The van der Waals surface area contributed by atoms with Crippen LogP contribution in [-0.4, -0.2) is 17.8 Å². The Balaban J connectivity index is 1.69. The van der Waals surface area contributed by atoms with Gasteiger partial charge in [-0.15, -0.1) is 0 Å². The van der Waals surface area contributed by atoms with E-state index in [9.17, 15) is 14.4 Å². The fourth-order valence-electron chi connectivity index (χ4n) is 3.31. The van der Waals surface area contributed by atoms with Crippen LogP contribution < -0.4 is 15.0 Å². The second-order valence-electron chi connectivity index (χ2n) is 7.35. The van der Waals surface area contributed by atoms with E-state index < -0.39 is 17.8 Å². The Kier molecular flexibility index (Phi) is 6.76. The number of barbiturate groups is 1. The lowest BCUT2D eigenvalue weighted by Crippen LogP contribution is -2.54. The number of amides is 4. The van der Waals surface area contributed by atoms with E-state index in [2.05, 4.69) is 37.2 Å². The van der Waals surface area contributed by atoms with Gasteiger partial charge in [-0.3, -0.25) is 14.9 Å². The van der Waals surface area contributed by atoms with Crippen molar-refractivity contribution in [1.29, 1.82) is 0 Å². The molecular formula is C25H18Br2N2O4. The first-order chi connectivity index (χ1) is 15.8. The maximum Gasteiger partial charge on any atom is 0.335 e. The zero-order valence-corrected chi connectivity index (χ0v) is 20.6. The van der Waals surface area contributed by atoms with Gasteiger partial charge < -0.3 is 4.74 Å². The van der Waals surface area contributed by atoms with Crippen molar-refractivity contribution in [1.82, 2.24) is 5.32 Å². The van der Waals surface area contributed by atoms with Gasteiger partial charge in [-0.25, -0.2) is 9.69 Å². The molecule has 1 aliphatic heterocycles. The molecule has 33 heavy (non-hydrogen) atoms. The summed E-state index contributed by atoms with van der Waals surface area (Å²) in [5.74, 6) is -0.971. The van der Waals surface area contributed by atoms with Crippen LogP contribution in [0.1, 0.15) is 16.7 Å². The van der Waals surface area contributed by atoms with Gasteiger partial charge in [0.2, 0.25) is 0 Å². The van der Waals surface area contributed by atoms with Crippen molar-refractivity contribution < 1.29 is 19.1 Å². The number of rotatable bonds is 5. The van der Waals surface area contributed by atoms with E-state index >= 15 is 0 Å². The summed E-state index contributed by atoms with van der Waals surface area (Å²) in [4.78, 5) is 39.3. The lowest BCUT2D eigenvalue weighted by molar-refractivity contribution is -0.122. The summed E-state index contributed by atoms with van der Waals surface area (Å²) in [6.45, 7) is 2.17. The Bertz CT molecular complexity index is 1290. The summed E-state index contributed by atoms with van der Waals surface area (Å²) in [6, 6.07) is 19.2. The smallest absolute Gasteiger partial charge is 0.335 e. The molecule has 6 nitrogen and oxygen atoms in total. The number of hydrogen-bond donors (Lipinski definition) is 1. The van der Waals surface area contributed by atoms with Crippen molar-refractivity contribution in [2.75, 3.05) is 4.90 Å². The second kappa shape index (κ2) is 9.72. The largest absolute Gasteiger partial charge is 0.488 e. The van der Waals surface area contributed by atoms with E-state index in [1.54, 1.807) is 30.3 Å². The first-order valence-electron chi connectivity index (χ1n) is 9.97. The number of carbonyl (C=O) groups excluding carboxylic acids is 3. The summed E-state index contributed by atoms with van der Waals surface area (Å²) in [5.41, 5.74) is 2.55. The summed E-state index contributed by atoms with van der Waals surface area (Å²) in [7, 11) is 0. The molecule has 3 aromatic rings. The van der Waals surface area contributed by atoms with Crippen molar-refractivity contribution in [3.8, 4) is 5.75 Å². The molecular weight excluding hydrogens is 552 g/mol. The molecule has 0 unspecified atom stereocenters. The predicted molar refractivity (Wildman–Crippen MR) is 133 cm³/mol. The average Bonchev–Trinajstić information content (AvgIpc) is 2.79. The van der Waals surface area contributed by atoms with Crippen LogP contribution in [0.5, 0.6) is 5.75 Å². The summed E-state index contributed by atoms with van der Waals surface area (Å²) in [6.07, 6.45) is 1.44. The highest BCUT2D eigenvalue weighted by Crippen LogP contribution is 2.30. The highest BCUT2D eigenvalue weighted by molar-refractivity contribution is 9.10. The minimum Gasteiger partial charge on any atom is -0.488 e. The molecule has 8 heteroatoms. The lowest BCUT2D eigenvalue weighted by Gasteiger charge is -2.27. The van der Waals surface area contributed by atoms with Gasteiger partial charge in [-0.2, -0.15) is 0 Å². The van der Waals surface area contributed by atoms with Crippen LogP contribution in [0.15, 0.2) is 81.2 Å². The second-order valence-corrected chi connectivity index (χ2v) is 9.12. The number of hydrogen-bond acceptors (Lipinski definition) is 4. The van der Waals surface area contributed by atoms with Crippen LogP contribution in [0.3, 0.4) is 0 Å². The number of aryl methyl sites for hydroxylation is 1. The number of nitrogens with one attached hydrogen (secondary N) is 1. The Morgan fingerprint density at radius 2 is 1.73 bits per heavy atom. The molecule has 1 aliphatic rings. The molecule has 3 aromatic carbocycles. The molecule has 0 saturated carbocycles. The standard InChI is InChI=1S/C25H18Br2N2O4/c1-15-11-19(8-9-21(15)27)29-24(31)20(23(30)28-25(29)32)13-17-12-18(26)7-10-22(17)33-14-16-5-3-2-4-6-16/h2-13H,14H2,1H3,(H,28,30,32)/b20-13+. The number of ether oxygens (including phenoxy) is 1. The van der Waals surface area contributed by atoms with Gasteiger partial charge in [-0.1, -0.05) is 62.2 Å². The summed E-state index contributed by atoms with van der Waals surface area (Å²) < 4.78 is 7.55. The quantitative estimate of drug-likeness (QED) is 0.313. The number of anilines is 1. The molecule has 1 heterocycles. The summed E-state index contributed by atoms with van der Waals surface area (Å²) >= 11 is 6.83. The molecule has 0 spiro atoms. The van der Waals surface area contributed by atoms with Gasteiger partial charge in [0.05, 0.1) is 5.69 Å². The van der Waals surface area contributed by atoms with E-state index in [-0.39, 0.29) is 5.57 Å². The van der Waals surface area contributed by atoms with Crippen LogP contribution in [0.4, 0.5) is 10.5 Å². The average molecular weight is 570 g/mol. The lowest BCUT2D eigenvalue weighted by atomic mass is 10.1. The minimum absolute atomic E-state index is 0.169. The molecule has 4 amide bonds. The molecule has 1 fully saturated rings. The summed E-state index contributed by atoms with van der Waals surface area (Å²) in [5, 5.41) is 2.25. The van der Waals surface area contributed by atoms with E-state index in [1.807, 2.05) is 43.3 Å².